The first kappa shape index (κ1) is 14.9. The molecule has 106 valence electrons. The molecule has 0 saturated carbocycles. The number of allylic oxidation sites excluding steroid dienone is 1. The van der Waals surface area contributed by atoms with Gasteiger partial charge in [0.2, 0.25) is 0 Å². The third-order valence-electron chi connectivity index (χ3n) is 2.74. The Morgan fingerprint density at radius 1 is 1.19 bits per heavy atom. The number of nitro groups is 1. The average molecular weight is 306 g/mol. The molecule has 0 unspecified atom stereocenters. The van der Waals surface area contributed by atoms with E-state index in [2.05, 4.69) is 0 Å². The molecular formula is C15H9ClFNO3. The molecule has 0 bridgehead atoms. The number of carbonyl (C=O) groups is 1. The molecule has 0 aliphatic rings. The van der Waals surface area contributed by atoms with E-state index in [0.717, 1.165) is 6.07 Å². The fourth-order valence-electron chi connectivity index (χ4n) is 1.62. The van der Waals surface area contributed by atoms with E-state index in [1.165, 1.54) is 48.6 Å². The van der Waals surface area contributed by atoms with Crippen molar-refractivity contribution in [3.8, 4) is 0 Å². The molecule has 0 aromatic heterocycles. The van der Waals surface area contributed by atoms with Crippen LogP contribution in [0.5, 0.6) is 0 Å². The maximum atomic E-state index is 13.0. The maximum Gasteiger partial charge on any atom is 0.269 e. The highest BCUT2D eigenvalue weighted by atomic mass is 35.5. The molecule has 0 saturated heterocycles. The quantitative estimate of drug-likeness (QED) is 0.366. The molecule has 0 N–H and O–H groups in total. The fourth-order valence-corrected chi connectivity index (χ4v) is 1.81. The zero-order valence-electron chi connectivity index (χ0n) is 10.6. The molecule has 0 aliphatic heterocycles. The van der Waals surface area contributed by atoms with E-state index in [1.807, 2.05) is 0 Å². The van der Waals surface area contributed by atoms with E-state index < -0.39 is 10.7 Å². The first-order chi connectivity index (χ1) is 9.97. The van der Waals surface area contributed by atoms with Crippen LogP contribution in [0.2, 0.25) is 5.02 Å². The first-order valence-corrected chi connectivity index (χ1v) is 6.27. The van der Waals surface area contributed by atoms with Gasteiger partial charge in [0.25, 0.3) is 5.69 Å². The highest BCUT2D eigenvalue weighted by Crippen LogP contribution is 2.17. The van der Waals surface area contributed by atoms with E-state index in [9.17, 15) is 19.3 Å². The van der Waals surface area contributed by atoms with Crippen LogP contribution in [0.15, 0.2) is 48.5 Å². The molecule has 0 heterocycles. The summed E-state index contributed by atoms with van der Waals surface area (Å²) in [5, 5.41) is 10.4. The Morgan fingerprint density at radius 3 is 2.43 bits per heavy atom. The Hall–Kier alpha value is -2.53. The first-order valence-electron chi connectivity index (χ1n) is 5.89. The Kier molecular flexibility index (Phi) is 4.45. The summed E-state index contributed by atoms with van der Waals surface area (Å²) in [6.45, 7) is 0. The number of hydrogen-bond donors (Lipinski definition) is 0. The monoisotopic (exact) mass is 305 g/mol. The number of benzene rings is 2. The Labute approximate surface area is 124 Å². The van der Waals surface area contributed by atoms with Gasteiger partial charge in [-0.05, 0) is 42.0 Å². The predicted octanol–water partition coefficient (Wildman–Crippen LogP) is 4.28. The third kappa shape index (κ3) is 3.73. The van der Waals surface area contributed by atoms with Crippen molar-refractivity contribution >= 4 is 29.1 Å². The van der Waals surface area contributed by atoms with Crippen molar-refractivity contribution < 1.29 is 14.1 Å². The van der Waals surface area contributed by atoms with Crippen LogP contribution in [0.4, 0.5) is 10.1 Å². The van der Waals surface area contributed by atoms with Crippen molar-refractivity contribution in [2.45, 2.75) is 0 Å². The van der Waals surface area contributed by atoms with Crippen molar-refractivity contribution in [1.82, 2.24) is 0 Å². The second-order valence-corrected chi connectivity index (χ2v) is 4.58. The lowest BCUT2D eigenvalue weighted by Crippen LogP contribution is -1.94. The highest BCUT2D eigenvalue weighted by molar-refractivity contribution is 6.31. The van der Waals surface area contributed by atoms with Crippen molar-refractivity contribution in [2.24, 2.45) is 0 Å². The van der Waals surface area contributed by atoms with Crippen LogP contribution < -0.4 is 0 Å². The number of halogens is 2. The van der Waals surface area contributed by atoms with Crippen LogP contribution in [0.1, 0.15) is 15.9 Å². The fraction of sp³-hybridized carbons (Fsp3) is 0. The van der Waals surface area contributed by atoms with E-state index in [4.69, 9.17) is 11.6 Å². The minimum Gasteiger partial charge on any atom is -0.289 e. The lowest BCUT2D eigenvalue weighted by atomic mass is 10.1. The van der Waals surface area contributed by atoms with Crippen molar-refractivity contribution in [1.29, 1.82) is 0 Å². The summed E-state index contributed by atoms with van der Waals surface area (Å²) >= 11 is 5.61. The van der Waals surface area contributed by atoms with Gasteiger partial charge in [-0.15, -0.1) is 0 Å². The van der Waals surface area contributed by atoms with Crippen LogP contribution in [0, 0.1) is 15.9 Å². The summed E-state index contributed by atoms with van der Waals surface area (Å²) in [6, 6.07) is 9.45. The maximum absolute atomic E-state index is 13.0. The lowest BCUT2D eigenvalue weighted by Gasteiger charge is -1.98. The van der Waals surface area contributed by atoms with Gasteiger partial charge in [0.15, 0.2) is 5.78 Å². The van der Waals surface area contributed by atoms with Gasteiger partial charge in [0, 0.05) is 17.7 Å². The number of carbonyl (C=O) groups excluding carboxylic acids is 1. The predicted molar refractivity (Wildman–Crippen MR) is 77.9 cm³/mol. The average Bonchev–Trinajstić information content (AvgIpc) is 2.48. The molecule has 21 heavy (non-hydrogen) atoms. The zero-order valence-corrected chi connectivity index (χ0v) is 11.4. The molecule has 4 nitrogen and oxygen atoms in total. The Balaban J connectivity index is 2.14. The minimum atomic E-state index is -0.590. The van der Waals surface area contributed by atoms with Gasteiger partial charge < -0.3 is 0 Å². The Bertz CT molecular complexity index is 726. The van der Waals surface area contributed by atoms with Crippen LogP contribution in [0.25, 0.3) is 6.08 Å². The van der Waals surface area contributed by atoms with E-state index >= 15 is 0 Å². The van der Waals surface area contributed by atoms with Crippen molar-refractivity contribution in [3.05, 3.63) is 80.6 Å². The molecule has 0 atom stereocenters. The van der Waals surface area contributed by atoms with E-state index in [0.29, 0.717) is 5.56 Å². The number of hydrogen-bond acceptors (Lipinski definition) is 3. The van der Waals surface area contributed by atoms with Gasteiger partial charge in [-0.3, -0.25) is 14.9 Å². The smallest absolute Gasteiger partial charge is 0.269 e. The van der Waals surface area contributed by atoms with Gasteiger partial charge in [0.1, 0.15) is 5.82 Å². The summed E-state index contributed by atoms with van der Waals surface area (Å²) in [4.78, 5) is 21.9. The molecule has 0 amide bonds. The van der Waals surface area contributed by atoms with E-state index in [1.54, 1.807) is 0 Å². The van der Waals surface area contributed by atoms with Gasteiger partial charge in [-0.1, -0.05) is 17.7 Å². The number of nitro benzene ring substituents is 1. The molecular weight excluding hydrogens is 297 g/mol. The molecule has 2 rings (SSSR count). The van der Waals surface area contributed by atoms with Crippen molar-refractivity contribution in [3.63, 3.8) is 0 Å². The molecule has 0 aliphatic carbocycles. The van der Waals surface area contributed by atoms with Crippen molar-refractivity contribution in [2.75, 3.05) is 0 Å². The van der Waals surface area contributed by atoms with Gasteiger partial charge >= 0.3 is 0 Å². The van der Waals surface area contributed by atoms with Gasteiger partial charge in [-0.25, -0.2) is 4.39 Å². The van der Waals surface area contributed by atoms with E-state index in [-0.39, 0.29) is 22.1 Å². The van der Waals surface area contributed by atoms with Crippen LogP contribution in [-0.4, -0.2) is 10.7 Å². The number of non-ortho nitro benzene ring substituents is 1. The molecule has 6 heteroatoms. The zero-order chi connectivity index (χ0) is 15.4. The summed E-state index contributed by atoms with van der Waals surface area (Å²) < 4.78 is 13.0. The normalized spacial score (nSPS) is 10.8. The number of ketones is 1. The third-order valence-corrected chi connectivity index (χ3v) is 3.02. The second-order valence-electron chi connectivity index (χ2n) is 4.18. The van der Waals surface area contributed by atoms with Crippen LogP contribution in [0.3, 0.4) is 0 Å². The highest BCUT2D eigenvalue weighted by Gasteiger charge is 2.06. The lowest BCUT2D eigenvalue weighted by molar-refractivity contribution is -0.384. The summed E-state index contributed by atoms with van der Waals surface area (Å²) in [5.41, 5.74) is 0.880. The molecule has 2 aromatic carbocycles. The number of rotatable bonds is 4. The van der Waals surface area contributed by atoms with Gasteiger partial charge in [-0.2, -0.15) is 0 Å². The minimum absolute atomic E-state index is 0.0243. The largest absolute Gasteiger partial charge is 0.289 e. The molecule has 0 spiro atoms. The summed E-state index contributed by atoms with van der Waals surface area (Å²) in [5.74, 6) is -0.928. The second kappa shape index (κ2) is 6.28. The standard InChI is InChI=1S/C15H9ClFNO3/c16-13-9-11(4-7-14(13)17)15(19)8-3-10-1-5-12(6-2-10)18(20)21/h1-9H/b8-3+. The summed E-state index contributed by atoms with van der Waals surface area (Å²) in [7, 11) is 0. The Morgan fingerprint density at radius 2 is 1.86 bits per heavy atom. The van der Waals surface area contributed by atoms with Crippen LogP contribution in [-0.2, 0) is 0 Å². The molecule has 0 radical (unpaired) electrons. The van der Waals surface area contributed by atoms with Crippen LogP contribution >= 0.6 is 11.6 Å². The van der Waals surface area contributed by atoms with Gasteiger partial charge in [0.05, 0.1) is 9.95 Å². The topological polar surface area (TPSA) is 60.2 Å². The molecule has 0 fully saturated rings. The SMILES string of the molecule is O=C(/C=C/c1ccc([N+](=O)[O-])cc1)c1ccc(F)c(Cl)c1. The summed E-state index contributed by atoms with van der Waals surface area (Å²) in [6.07, 6.45) is 2.81. The molecule has 2 aromatic rings. The number of nitrogens with zero attached hydrogens (tertiary/aromatic N) is 1.